The molecule has 1 atom stereocenters. The zero-order chi connectivity index (χ0) is 18.5. The molecule has 0 saturated heterocycles. The highest BCUT2D eigenvalue weighted by molar-refractivity contribution is 5.79. The summed E-state index contributed by atoms with van der Waals surface area (Å²) < 4.78 is 21.5. The van der Waals surface area contributed by atoms with Gasteiger partial charge in [0.25, 0.3) is 0 Å². The molecule has 2 aromatic carbocycles. The molecule has 2 aromatic rings. The first-order chi connectivity index (χ1) is 12.6. The van der Waals surface area contributed by atoms with Crippen molar-refractivity contribution >= 4 is 5.91 Å². The molecule has 0 bridgehead atoms. The largest absolute Gasteiger partial charge is 0.497 e. The molecule has 0 aliphatic carbocycles. The van der Waals surface area contributed by atoms with Gasteiger partial charge in [0.05, 0.1) is 27.2 Å². The van der Waals surface area contributed by atoms with Crippen molar-refractivity contribution < 1.29 is 23.7 Å². The van der Waals surface area contributed by atoms with E-state index in [1.165, 1.54) is 0 Å². The van der Waals surface area contributed by atoms with Gasteiger partial charge in [0, 0.05) is 18.2 Å². The van der Waals surface area contributed by atoms with E-state index in [4.69, 9.17) is 18.9 Å². The van der Waals surface area contributed by atoms with E-state index in [9.17, 15) is 4.79 Å². The Morgan fingerprint density at radius 2 is 1.81 bits per heavy atom. The average Bonchev–Trinajstić information content (AvgIpc) is 2.70. The molecule has 0 aromatic heterocycles. The van der Waals surface area contributed by atoms with Gasteiger partial charge in [0.2, 0.25) is 5.91 Å². The number of amides is 1. The second-order valence-electron chi connectivity index (χ2n) is 6.08. The van der Waals surface area contributed by atoms with E-state index in [1.807, 2.05) is 30.3 Å². The summed E-state index contributed by atoms with van der Waals surface area (Å²) >= 11 is 0. The lowest BCUT2D eigenvalue weighted by molar-refractivity contribution is -0.126. The van der Waals surface area contributed by atoms with Crippen molar-refractivity contribution in [3.63, 3.8) is 0 Å². The first kappa shape index (κ1) is 17.9. The van der Waals surface area contributed by atoms with Gasteiger partial charge in [-0.15, -0.1) is 0 Å². The Labute approximate surface area is 153 Å². The van der Waals surface area contributed by atoms with Crippen LogP contribution in [-0.4, -0.2) is 33.8 Å². The maximum Gasteiger partial charge on any atom is 0.227 e. The molecular weight excluding hydrogens is 334 g/mol. The molecule has 6 nitrogen and oxygen atoms in total. The molecule has 1 N–H and O–H groups in total. The van der Waals surface area contributed by atoms with E-state index in [2.05, 4.69) is 5.32 Å². The van der Waals surface area contributed by atoms with Crippen LogP contribution in [-0.2, 0) is 17.8 Å². The number of methoxy groups -OCH3 is 3. The van der Waals surface area contributed by atoms with Crippen LogP contribution in [0.4, 0.5) is 0 Å². The topological polar surface area (TPSA) is 66.0 Å². The van der Waals surface area contributed by atoms with Crippen LogP contribution >= 0.6 is 0 Å². The third-order valence-corrected chi connectivity index (χ3v) is 4.49. The fourth-order valence-electron chi connectivity index (χ4n) is 2.99. The van der Waals surface area contributed by atoms with Crippen molar-refractivity contribution in [3.8, 4) is 23.0 Å². The van der Waals surface area contributed by atoms with Crippen LogP contribution in [0.15, 0.2) is 36.4 Å². The van der Waals surface area contributed by atoms with Crippen LogP contribution in [0.5, 0.6) is 23.0 Å². The van der Waals surface area contributed by atoms with E-state index in [-0.39, 0.29) is 11.8 Å². The highest BCUT2D eigenvalue weighted by Crippen LogP contribution is 2.31. The van der Waals surface area contributed by atoms with Crippen molar-refractivity contribution in [1.82, 2.24) is 5.32 Å². The first-order valence-corrected chi connectivity index (χ1v) is 8.43. The summed E-state index contributed by atoms with van der Waals surface area (Å²) in [5.74, 6) is 2.68. The Bertz CT molecular complexity index is 790. The van der Waals surface area contributed by atoms with Gasteiger partial charge < -0.3 is 24.3 Å². The molecule has 1 aliphatic heterocycles. The maximum atomic E-state index is 12.6. The van der Waals surface area contributed by atoms with Crippen LogP contribution in [0, 0.1) is 5.92 Å². The summed E-state index contributed by atoms with van der Waals surface area (Å²) in [5, 5.41) is 2.97. The average molecular weight is 357 g/mol. The van der Waals surface area contributed by atoms with E-state index in [0.717, 1.165) is 22.6 Å². The number of ether oxygens (including phenoxy) is 4. The molecule has 1 aliphatic rings. The predicted molar refractivity (Wildman–Crippen MR) is 97.1 cm³/mol. The van der Waals surface area contributed by atoms with E-state index in [1.54, 1.807) is 27.4 Å². The van der Waals surface area contributed by atoms with Gasteiger partial charge in [0.1, 0.15) is 29.6 Å². The second-order valence-corrected chi connectivity index (χ2v) is 6.08. The minimum atomic E-state index is -0.237. The minimum Gasteiger partial charge on any atom is -0.497 e. The second kappa shape index (κ2) is 7.99. The highest BCUT2D eigenvalue weighted by Gasteiger charge is 2.26. The SMILES string of the molecule is COc1ccc2c(c1)C[C@H](C(=O)NCc1ccc(OC)cc1OC)CO2. The van der Waals surface area contributed by atoms with Crippen LogP contribution in [0.2, 0.25) is 0 Å². The molecule has 3 rings (SSSR count). The molecule has 0 fully saturated rings. The number of hydrogen-bond donors (Lipinski definition) is 1. The molecule has 1 amide bonds. The Kier molecular flexibility index (Phi) is 5.51. The van der Waals surface area contributed by atoms with Crippen LogP contribution in [0.1, 0.15) is 11.1 Å². The number of hydrogen-bond acceptors (Lipinski definition) is 5. The van der Waals surface area contributed by atoms with E-state index < -0.39 is 0 Å². The Morgan fingerprint density at radius 3 is 2.54 bits per heavy atom. The van der Waals surface area contributed by atoms with Gasteiger partial charge in [-0.3, -0.25) is 4.79 Å². The monoisotopic (exact) mass is 357 g/mol. The molecule has 138 valence electrons. The first-order valence-electron chi connectivity index (χ1n) is 8.43. The normalized spacial score (nSPS) is 15.4. The number of carbonyl (C=O) groups is 1. The summed E-state index contributed by atoms with van der Waals surface area (Å²) in [6.45, 7) is 0.748. The number of rotatable bonds is 6. The molecular formula is C20H23NO5. The zero-order valence-electron chi connectivity index (χ0n) is 15.2. The quantitative estimate of drug-likeness (QED) is 0.861. The van der Waals surface area contributed by atoms with Crippen LogP contribution < -0.4 is 24.3 Å². The standard InChI is InChI=1S/C20H23NO5/c1-23-16-6-7-18-14(9-16)8-15(12-26-18)20(22)21-11-13-4-5-17(24-2)10-19(13)25-3/h4-7,9-10,15H,8,11-12H2,1-3H3,(H,21,22)/t15-/m0/s1. The lowest BCUT2D eigenvalue weighted by Gasteiger charge is -2.25. The fraction of sp³-hybridized carbons (Fsp3) is 0.350. The van der Waals surface area contributed by atoms with Gasteiger partial charge in [-0.25, -0.2) is 0 Å². The third kappa shape index (κ3) is 3.85. The number of nitrogens with one attached hydrogen (secondary N) is 1. The van der Waals surface area contributed by atoms with Gasteiger partial charge in [0.15, 0.2) is 0 Å². The zero-order valence-corrected chi connectivity index (χ0v) is 15.2. The van der Waals surface area contributed by atoms with Crippen molar-refractivity contribution in [2.45, 2.75) is 13.0 Å². The number of carbonyl (C=O) groups excluding carboxylic acids is 1. The number of fused-ring (bicyclic) bond motifs is 1. The summed E-state index contributed by atoms with van der Waals surface area (Å²) in [6.07, 6.45) is 0.623. The molecule has 0 saturated carbocycles. The van der Waals surface area contributed by atoms with Crippen molar-refractivity contribution in [2.75, 3.05) is 27.9 Å². The Balaban J connectivity index is 1.64. The molecule has 1 heterocycles. The lowest BCUT2D eigenvalue weighted by Crippen LogP contribution is -2.37. The smallest absolute Gasteiger partial charge is 0.227 e. The van der Waals surface area contributed by atoms with Gasteiger partial charge in [-0.1, -0.05) is 0 Å². The van der Waals surface area contributed by atoms with Gasteiger partial charge in [-0.05, 0) is 42.3 Å². The van der Waals surface area contributed by atoms with Gasteiger partial charge in [-0.2, -0.15) is 0 Å². The minimum absolute atomic E-state index is 0.0451. The Hall–Kier alpha value is -2.89. The fourth-order valence-corrected chi connectivity index (χ4v) is 2.99. The summed E-state index contributed by atoms with van der Waals surface area (Å²) in [5.41, 5.74) is 1.87. The van der Waals surface area contributed by atoms with Crippen molar-refractivity contribution in [2.24, 2.45) is 5.92 Å². The third-order valence-electron chi connectivity index (χ3n) is 4.49. The Morgan fingerprint density at radius 1 is 1.08 bits per heavy atom. The number of benzene rings is 2. The molecule has 0 unspecified atom stereocenters. The summed E-state index contributed by atoms with van der Waals surface area (Å²) in [4.78, 5) is 12.6. The van der Waals surface area contributed by atoms with Crippen LogP contribution in [0.25, 0.3) is 0 Å². The molecule has 6 heteroatoms. The summed E-state index contributed by atoms with van der Waals surface area (Å²) in [7, 11) is 4.82. The summed E-state index contributed by atoms with van der Waals surface area (Å²) in [6, 6.07) is 11.2. The van der Waals surface area contributed by atoms with Crippen molar-refractivity contribution in [1.29, 1.82) is 0 Å². The van der Waals surface area contributed by atoms with Crippen molar-refractivity contribution in [3.05, 3.63) is 47.5 Å². The molecule has 0 spiro atoms. The molecule has 0 radical (unpaired) electrons. The van der Waals surface area contributed by atoms with E-state index >= 15 is 0 Å². The van der Waals surface area contributed by atoms with Gasteiger partial charge >= 0.3 is 0 Å². The maximum absolute atomic E-state index is 12.6. The van der Waals surface area contributed by atoms with Crippen LogP contribution in [0.3, 0.4) is 0 Å². The molecule has 26 heavy (non-hydrogen) atoms. The lowest BCUT2D eigenvalue weighted by atomic mass is 9.95. The predicted octanol–water partition coefficient (Wildman–Crippen LogP) is 2.58. The highest BCUT2D eigenvalue weighted by atomic mass is 16.5. The van der Waals surface area contributed by atoms with E-state index in [0.29, 0.717) is 31.1 Å².